The lowest BCUT2D eigenvalue weighted by molar-refractivity contribution is 0.105. The molecule has 0 heterocycles. The lowest BCUT2D eigenvalue weighted by Gasteiger charge is -2.26. The molecule has 0 atom stereocenters. The monoisotopic (exact) mass is 255 g/mol. The van der Waals surface area contributed by atoms with E-state index in [1.165, 1.54) is 12.1 Å². The summed E-state index contributed by atoms with van der Waals surface area (Å²) in [5.74, 6) is 0.199. The van der Waals surface area contributed by atoms with Gasteiger partial charge in [0.2, 0.25) is 0 Å². The topological polar surface area (TPSA) is 44.5 Å². The maximum absolute atomic E-state index is 13.6. The summed E-state index contributed by atoms with van der Waals surface area (Å²) in [6.07, 6.45) is 1.65. The van der Waals surface area contributed by atoms with Gasteiger partial charge in [0.25, 0.3) is 0 Å². The second kappa shape index (κ2) is 5.94. The van der Waals surface area contributed by atoms with Gasteiger partial charge in [-0.2, -0.15) is 0 Å². The van der Waals surface area contributed by atoms with E-state index in [2.05, 4.69) is 0 Å². The Bertz CT molecular complexity index is 405. The molecule has 1 rings (SSSR count). The Morgan fingerprint density at radius 1 is 1.22 bits per heavy atom. The average molecular weight is 255 g/mol. The van der Waals surface area contributed by atoms with Gasteiger partial charge >= 0.3 is 0 Å². The summed E-state index contributed by atoms with van der Waals surface area (Å²) in [6, 6.07) is 2.77. The Morgan fingerprint density at radius 2 is 1.89 bits per heavy atom. The van der Waals surface area contributed by atoms with Crippen LogP contribution in [0, 0.1) is 5.82 Å². The molecule has 0 radical (unpaired) electrons. The number of halogens is 1. The maximum Gasteiger partial charge on any atom is 0.167 e. The minimum atomic E-state index is -0.456. The van der Waals surface area contributed by atoms with E-state index >= 15 is 0 Å². The van der Waals surface area contributed by atoms with Crippen molar-refractivity contribution >= 4 is 5.69 Å². The number of hydrogen-bond acceptors (Lipinski definition) is 3. The third-order valence-electron chi connectivity index (χ3n) is 2.76. The molecule has 0 fully saturated rings. The predicted octanol–water partition coefficient (Wildman–Crippen LogP) is 3.76. The first-order valence-electron chi connectivity index (χ1n) is 6.30. The molecule has 0 spiro atoms. The molecule has 0 unspecified atom stereocenters. The van der Waals surface area contributed by atoms with E-state index in [1.807, 2.05) is 27.7 Å². The third-order valence-corrected chi connectivity index (χ3v) is 2.76. The number of benzene rings is 1. The summed E-state index contributed by atoms with van der Waals surface area (Å²) in [7, 11) is 0. The Morgan fingerprint density at radius 3 is 2.44 bits per heavy atom. The largest absolute Gasteiger partial charge is 0.490 e. The molecule has 3 nitrogen and oxygen atoms in total. The summed E-state index contributed by atoms with van der Waals surface area (Å²) >= 11 is 0. The van der Waals surface area contributed by atoms with Crippen molar-refractivity contribution in [3.63, 3.8) is 0 Å². The van der Waals surface area contributed by atoms with Crippen molar-refractivity contribution in [1.82, 2.24) is 0 Å². The van der Waals surface area contributed by atoms with E-state index in [-0.39, 0.29) is 17.0 Å². The molecule has 0 aliphatic heterocycles. The van der Waals surface area contributed by atoms with Gasteiger partial charge in [-0.25, -0.2) is 4.39 Å². The van der Waals surface area contributed by atoms with E-state index in [0.717, 1.165) is 12.8 Å². The average Bonchev–Trinajstić information content (AvgIpc) is 2.31. The SMILES string of the molecule is CCCOc1cc(OC(C)(C)CC)c(N)cc1F. The highest BCUT2D eigenvalue weighted by Gasteiger charge is 2.20. The minimum Gasteiger partial charge on any atom is -0.490 e. The molecule has 102 valence electrons. The second-order valence-corrected chi connectivity index (χ2v) is 4.88. The first-order chi connectivity index (χ1) is 8.39. The smallest absolute Gasteiger partial charge is 0.167 e. The molecule has 1 aromatic carbocycles. The summed E-state index contributed by atoms with van der Waals surface area (Å²) in [4.78, 5) is 0. The van der Waals surface area contributed by atoms with E-state index in [4.69, 9.17) is 15.2 Å². The predicted molar refractivity (Wildman–Crippen MR) is 71.6 cm³/mol. The summed E-state index contributed by atoms with van der Waals surface area (Å²) in [5, 5.41) is 0. The lowest BCUT2D eigenvalue weighted by Crippen LogP contribution is -2.27. The second-order valence-electron chi connectivity index (χ2n) is 4.88. The van der Waals surface area contributed by atoms with Crippen LogP contribution in [0.25, 0.3) is 0 Å². The van der Waals surface area contributed by atoms with Crippen LogP contribution >= 0.6 is 0 Å². The molecule has 0 saturated heterocycles. The summed E-state index contributed by atoms with van der Waals surface area (Å²) in [6.45, 7) is 8.38. The Balaban J connectivity index is 2.97. The third kappa shape index (κ3) is 3.79. The first-order valence-corrected chi connectivity index (χ1v) is 6.30. The van der Waals surface area contributed by atoms with E-state index in [9.17, 15) is 4.39 Å². The van der Waals surface area contributed by atoms with Crippen molar-refractivity contribution in [1.29, 1.82) is 0 Å². The Kier molecular flexibility index (Phi) is 4.82. The number of ether oxygens (including phenoxy) is 2. The number of nitrogens with two attached hydrogens (primary N) is 1. The van der Waals surface area contributed by atoms with Crippen molar-refractivity contribution in [3.05, 3.63) is 17.9 Å². The standard InChI is InChI=1S/C14H22FNO2/c1-5-7-17-12-9-13(11(16)8-10(12)15)18-14(3,4)6-2/h8-9H,5-7,16H2,1-4H3. The van der Waals surface area contributed by atoms with Crippen LogP contribution in [0.4, 0.5) is 10.1 Å². The molecule has 0 aliphatic rings. The molecular weight excluding hydrogens is 233 g/mol. The van der Waals surface area contributed by atoms with Crippen LogP contribution in [0.1, 0.15) is 40.5 Å². The molecule has 0 saturated carbocycles. The number of rotatable bonds is 6. The summed E-state index contributed by atoms with van der Waals surface area (Å²) in [5.41, 5.74) is 5.71. The van der Waals surface area contributed by atoms with Crippen molar-refractivity contribution in [2.24, 2.45) is 0 Å². The molecule has 4 heteroatoms. The molecule has 0 aliphatic carbocycles. The van der Waals surface area contributed by atoms with E-state index < -0.39 is 5.82 Å². The van der Waals surface area contributed by atoms with Crippen molar-refractivity contribution in [2.45, 2.75) is 46.1 Å². The fraction of sp³-hybridized carbons (Fsp3) is 0.571. The van der Waals surface area contributed by atoms with Gasteiger partial charge in [-0.05, 0) is 26.7 Å². The number of hydrogen-bond donors (Lipinski definition) is 1. The molecular formula is C14H22FNO2. The van der Waals surface area contributed by atoms with Crippen molar-refractivity contribution < 1.29 is 13.9 Å². The highest BCUT2D eigenvalue weighted by atomic mass is 19.1. The van der Waals surface area contributed by atoms with Gasteiger partial charge in [0.15, 0.2) is 11.6 Å². The fourth-order valence-corrected chi connectivity index (χ4v) is 1.33. The molecule has 18 heavy (non-hydrogen) atoms. The van der Waals surface area contributed by atoms with Gasteiger partial charge in [-0.1, -0.05) is 13.8 Å². The summed E-state index contributed by atoms with van der Waals surface area (Å²) < 4.78 is 24.7. The molecule has 0 amide bonds. The van der Waals surface area contributed by atoms with Crippen LogP contribution in [-0.2, 0) is 0 Å². The van der Waals surface area contributed by atoms with E-state index in [1.54, 1.807) is 0 Å². The zero-order valence-electron chi connectivity index (χ0n) is 11.5. The fourth-order valence-electron chi connectivity index (χ4n) is 1.33. The van der Waals surface area contributed by atoms with Crippen molar-refractivity contribution in [3.8, 4) is 11.5 Å². The quantitative estimate of drug-likeness (QED) is 0.787. The maximum atomic E-state index is 13.6. The van der Waals surface area contributed by atoms with Gasteiger partial charge < -0.3 is 15.2 Å². The van der Waals surface area contributed by atoms with E-state index in [0.29, 0.717) is 12.4 Å². The molecule has 1 aromatic rings. The van der Waals surface area contributed by atoms with Crippen LogP contribution in [0.2, 0.25) is 0 Å². The molecule has 0 bridgehead atoms. The molecule has 0 aromatic heterocycles. The minimum absolute atomic E-state index is 0.188. The lowest BCUT2D eigenvalue weighted by atomic mass is 10.1. The zero-order chi connectivity index (χ0) is 13.8. The highest BCUT2D eigenvalue weighted by Crippen LogP contribution is 2.33. The van der Waals surface area contributed by atoms with Crippen LogP contribution in [0.5, 0.6) is 11.5 Å². The zero-order valence-corrected chi connectivity index (χ0v) is 11.5. The first kappa shape index (κ1) is 14.6. The normalized spacial score (nSPS) is 11.4. The van der Waals surface area contributed by atoms with Gasteiger partial charge in [-0.3, -0.25) is 0 Å². The Labute approximate surface area is 108 Å². The van der Waals surface area contributed by atoms with Crippen LogP contribution in [0.3, 0.4) is 0 Å². The number of anilines is 1. The van der Waals surface area contributed by atoms with Crippen molar-refractivity contribution in [2.75, 3.05) is 12.3 Å². The molecule has 2 N–H and O–H groups in total. The van der Waals surface area contributed by atoms with Gasteiger partial charge in [0, 0.05) is 12.1 Å². The van der Waals surface area contributed by atoms with Crippen LogP contribution < -0.4 is 15.2 Å². The van der Waals surface area contributed by atoms with Gasteiger partial charge in [0.1, 0.15) is 11.4 Å². The Hall–Kier alpha value is -1.45. The number of nitrogen functional groups attached to an aromatic ring is 1. The van der Waals surface area contributed by atoms with Crippen LogP contribution in [-0.4, -0.2) is 12.2 Å². The van der Waals surface area contributed by atoms with Gasteiger partial charge in [-0.15, -0.1) is 0 Å². The van der Waals surface area contributed by atoms with Gasteiger partial charge in [0.05, 0.1) is 12.3 Å². The highest BCUT2D eigenvalue weighted by molar-refractivity contribution is 5.56. The van der Waals surface area contributed by atoms with Crippen LogP contribution in [0.15, 0.2) is 12.1 Å².